The van der Waals surface area contributed by atoms with Crippen LogP contribution in [0.2, 0.25) is 0 Å². The molecule has 1 saturated heterocycles. The molecule has 4 nitrogen and oxygen atoms in total. The maximum absolute atomic E-state index is 11.8. The Kier molecular flexibility index (Phi) is 6.08. The van der Waals surface area contributed by atoms with Crippen molar-refractivity contribution in [3.8, 4) is 0 Å². The first-order valence-corrected chi connectivity index (χ1v) is 8.62. The monoisotopic (exact) mass is 276 g/mol. The van der Waals surface area contributed by atoms with Crippen LogP contribution < -0.4 is 10.0 Å². The van der Waals surface area contributed by atoms with Gasteiger partial charge in [-0.25, -0.2) is 13.1 Å². The summed E-state index contributed by atoms with van der Waals surface area (Å²) in [6.45, 7) is 8.98. The van der Waals surface area contributed by atoms with Crippen LogP contribution in [0.15, 0.2) is 0 Å². The smallest absolute Gasteiger partial charge is 0.211 e. The average Bonchev–Trinajstić information content (AvgIpc) is 2.26. The molecule has 0 unspecified atom stereocenters. The van der Waals surface area contributed by atoms with Gasteiger partial charge >= 0.3 is 0 Å². The molecule has 1 aliphatic heterocycles. The summed E-state index contributed by atoms with van der Waals surface area (Å²) >= 11 is 0. The Morgan fingerprint density at radius 1 is 1.22 bits per heavy atom. The van der Waals surface area contributed by atoms with E-state index in [0.29, 0.717) is 12.5 Å². The van der Waals surface area contributed by atoms with Crippen LogP contribution in [-0.2, 0) is 10.0 Å². The lowest BCUT2D eigenvalue weighted by Crippen LogP contribution is -2.32. The second-order valence-electron chi connectivity index (χ2n) is 6.51. The quantitative estimate of drug-likeness (QED) is 0.777. The van der Waals surface area contributed by atoms with Gasteiger partial charge in [0.25, 0.3) is 0 Å². The summed E-state index contributed by atoms with van der Waals surface area (Å²) in [6, 6.07) is 0. The van der Waals surface area contributed by atoms with Gasteiger partial charge in [-0.2, -0.15) is 0 Å². The second-order valence-corrected chi connectivity index (χ2v) is 8.43. The molecule has 0 radical (unpaired) electrons. The molecular formula is C13H28N2O2S. The summed E-state index contributed by atoms with van der Waals surface area (Å²) in [6.07, 6.45) is 3.89. The zero-order valence-corrected chi connectivity index (χ0v) is 12.8. The summed E-state index contributed by atoms with van der Waals surface area (Å²) in [4.78, 5) is 0. The predicted octanol–water partition coefficient (Wildman–Crippen LogP) is 1.73. The van der Waals surface area contributed by atoms with Crippen molar-refractivity contribution in [2.24, 2.45) is 11.3 Å². The molecular weight excluding hydrogens is 248 g/mol. The molecule has 0 saturated carbocycles. The van der Waals surface area contributed by atoms with Gasteiger partial charge in [0, 0.05) is 6.54 Å². The maximum Gasteiger partial charge on any atom is 0.211 e. The van der Waals surface area contributed by atoms with Gasteiger partial charge in [0.2, 0.25) is 10.0 Å². The lowest BCUT2D eigenvalue weighted by molar-refractivity contribution is 0.363. The third-order valence-electron chi connectivity index (χ3n) is 3.45. The normalized spacial score (nSPS) is 19.1. The highest BCUT2D eigenvalue weighted by atomic mass is 32.2. The van der Waals surface area contributed by atoms with Crippen LogP contribution in [0.3, 0.4) is 0 Å². The summed E-state index contributed by atoms with van der Waals surface area (Å²) < 4.78 is 26.4. The zero-order chi connectivity index (χ0) is 13.6. The van der Waals surface area contributed by atoms with Crippen LogP contribution in [0.5, 0.6) is 0 Å². The van der Waals surface area contributed by atoms with Crippen molar-refractivity contribution < 1.29 is 8.42 Å². The summed E-state index contributed by atoms with van der Waals surface area (Å²) in [5.74, 6) is 0.854. The minimum absolute atomic E-state index is 0.178. The molecule has 5 heteroatoms. The Labute approximate surface area is 112 Å². The van der Waals surface area contributed by atoms with Crippen molar-refractivity contribution in [3.63, 3.8) is 0 Å². The third kappa shape index (κ3) is 7.34. The van der Waals surface area contributed by atoms with Crippen LogP contribution in [0.1, 0.15) is 46.5 Å². The van der Waals surface area contributed by atoms with E-state index < -0.39 is 10.0 Å². The summed E-state index contributed by atoms with van der Waals surface area (Å²) in [5.41, 5.74) is 0.178. The minimum atomic E-state index is -3.07. The van der Waals surface area contributed by atoms with Crippen molar-refractivity contribution in [2.75, 3.05) is 25.4 Å². The van der Waals surface area contributed by atoms with E-state index in [1.165, 1.54) is 0 Å². The van der Waals surface area contributed by atoms with E-state index in [1.807, 2.05) is 0 Å². The molecule has 0 aromatic rings. The lowest BCUT2D eigenvalue weighted by atomic mass is 9.93. The fourth-order valence-corrected chi connectivity index (χ4v) is 3.35. The van der Waals surface area contributed by atoms with Gasteiger partial charge in [0.05, 0.1) is 5.75 Å². The molecule has 0 spiro atoms. The Morgan fingerprint density at radius 2 is 1.83 bits per heavy atom. The number of hydrogen-bond acceptors (Lipinski definition) is 3. The summed E-state index contributed by atoms with van der Waals surface area (Å²) in [5, 5.41) is 3.30. The van der Waals surface area contributed by atoms with Crippen molar-refractivity contribution >= 4 is 10.0 Å². The molecule has 1 aliphatic rings. The van der Waals surface area contributed by atoms with E-state index in [-0.39, 0.29) is 11.2 Å². The van der Waals surface area contributed by atoms with Crippen LogP contribution in [-0.4, -0.2) is 33.8 Å². The second kappa shape index (κ2) is 6.87. The van der Waals surface area contributed by atoms with Gasteiger partial charge in [0.1, 0.15) is 0 Å². The van der Waals surface area contributed by atoms with Crippen molar-refractivity contribution in [1.82, 2.24) is 10.0 Å². The Bertz CT molecular complexity index is 327. The largest absolute Gasteiger partial charge is 0.317 e. The third-order valence-corrected chi connectivity index (χ3v) is 4.87. The van der Waals surface area contributed by atoms with Gasteiger partial charge in [-0.3, -0.25) is 0 Å². The highest BCUT2D eigenvalue weighted by molar-refractivity contribution is 7.89. The molecule has 1 fully saturated rings. The molecule has 1 heterocycles. The number of hydrogen-bond donors (Lipinski definition) is 2. The van der Waals surface area contributed by atoms with E-state index in [2.05, 4.69) is 30.8 Å². The first-order valence-electron chi connectivity index (χ1n) is 6.97. The zero-order valence-electron chi connectivity index (χ0n) is 12.0. The fourth-order valence-electron chi connectivity index (χ4n) is 2.15. The number of piperidine rings is 1. The molecule has 0 aromatic carbocycles. The molecule has 0 atom stereocenters. The predicted molar refractivity (Wildman–Crippen MR) is 76.1 cm³/mol. The number of sulfonamides is 1. The minimum Gasteiger partial charge on any atom is -0.317 e. The van der Waals surface area contributed by atoms with Crippen LogP contribution in [0, 0.1) is 11.3 Å². The highest BCUT2D eigenvalue weighted by Crippen LogP contribution is 2.18. The van der Waals surface area contributed by atoms with Gasteiger partial charge < -0.3 is 5.32 Å². The molecule has 0 aromatic heterocycles. The van der Waals surface area contributed by atoms with Crippen molar-refractivity contribution in [1.29, 1.82) is 0 Å². The van der Waals surface area contributed by atoms with Crippen LogP contribution in [0.25, 0.3) is 0 Å². The van der Waals surface area contributed by atoms with E-state index in [9.17, 15) is 8.42 Å². The molecule has 108 valence electrons. The van der Waals surface area contributed by atoms with Crippen molar-refractivity contribution in [3.05, 3.63) is 0 Å². The number of nitrogens with one attached hydrogen (secondary N) is 2. The van der Waals surface area contributed by atoms with E-state index >= 15 is 0 Å². The van der Waals surface area contributed by atoms with Gasteiger partial charge in [-0.15, -0.1) is 0 Å². The van der Waals surface area contributed by atoms with E-state index in [0.717, 1.165) is 38.8 Å². The maximum atomic E-state index is 11.8. The lowest BCUT2D eigenvalue weighted by Gasteiger charge is -2.22. The van der Waals surface area contributed by atoms with Gasteiger partial charge in [0.15, 0.2) is 0 Å². The molecule has 0 aliphatic carbocycles. The Morgan fingerprint density at radius 3 is 2.39 bits per heavy atom. The highest BCUT2D eigenvalue weighted by Gasteiger charge is 2.18. The standard InChI is InChI=1S/C13H28N2O2S/c1-13(2,3)7-10-15-18(16,17)11-6-12-4-8-14-9-5-12/h12,14-15H,4-11H2,1-3H3. The molecule has 0 bridgehead atoms. The average molecular weight is 276 g/mol. The topological polar surface area (TPSA) is 58.2 Å². The Balaban J connectivity index is 2.22. The van der Waals surface area contributed by atoms with Crippen molar-refractivity contribution in [2.45, 2.75) is 46.5 Å². The van der Waals surface area contributed by atoms with E-state index in [1.54, 1.807) is 0 Å². The first-order chi connectivity index (χ1) is 8.29. The fraction of sp³-hybridized carbons (Fsp3) is 1.00. The first kappa shape index (κ1) is 15.9. The summed E-state index contributed by atoms with van der Waals surface area (Å²) in [7, 11) is -3.07. The molecule has 18 heavy (non-hydrogen) atoms. The van der Waals surface area contributed by atoms with Crippen LogP contribution in [0.4, 0.5) is 0 Å². The molecule has 2 N–H and O–H groups in total. The molecule has 1 rings (SSSR count). The van der Waals surface area contributed by atoms with Gasteiger partial charge in [-0.1, -0.05) is 20.8 Å². The van der Waals surface area contributed by atoms with E-state index in [4.69, 9.17) is 0 Å². The Hall–Kier alpha value is -0.130. The number of rotatable bonds is 6. The SMILES string of the molecule is CC(C)(C)CCNS(=O)(=O)CCC1CCNCC1. The van der Waals surface area contributed by atoms with Crippen LogP contribution >= 0.6 is 0 Å². The molecule has 0 amide bonds. The van der Waals surface area contributed by atoms with Gasteiger partial charge in [-0.05, 0) is 50.1 Å².